The fourth-order valence-electron chi connectivity index (χ4n) is 2.04. The van der Waals surface area contributed by atoms with Crippen LogP contribution in [0.2, 0.25) is 0 Å². The van der Waals surface area contributed by atoms with Crippen molar-refractivity contribution in [2.45, 2.75) is 70.7 Å². The van der Waals surface area contributed by atoms with Crippen LogP contribution in [-0.4, -0.2) is 24.9 Å². The molecule has 1 fully saturated rings. The Morgan fingerprint density at radius 2 is 2.24 bits per heavy atom. The Morgan fingerprint density at radius 3 is 2.82 bits per heavy atom. The van der Waals surface area contributed by atoms with E-state index in [9.17, 15) is 4.79 Å². The largest absolute Gasteiger partial charge is 0.367 e. The van der Waals surface area contributed by atoms with Crippen molar-refractivity contribution in [1.82, 2.24) is 0 Å². The van der Waals surface area contributed by atoms with Gasteiger partial charge in [0, 0.05) is 6.61 Å². The summed E-state index contributed by atoms with van der Waals surface area (Å²) in [5, 5.41) is 0. The molecule has 2 N–H and O–H groups in total. The smallest absolute Gasteiger partial charge is 0.246 e. The second-order valence-corrected chi connectivity index (χ2v) is 4.67. The third-order valence-corrected chi connectivity index (χ3v) is 3.09. The lowest BCUT2D eigenvalue weighted by molar-refractivity contribution is -0.192. The summed E-state index contributed by atoms with van der Waals surface area (Å²) in [5.41, 5.74) is 5.35. The lowest BCUT2D eigenvalue weighted by atomic mass is 10.1. The Hall–Kier alpha value is -0.610. The van der Waals surface area contributed by atoms with Crippen LogP contribution in [0.15, 0.2) is 0 Å². The van der Waals surface area contributed by atoms with Gasteiger partial charge in [-0.15, -0.1) is 0 Å². The second-order valence-electron chi connectivity index (χ2n) is 4.67. The van der Waals surface area contributed by atoms with Crippen LogP contribution >= 0.6 is 0 Å². The molecule has 0 saturated carbocycles. The molecule has 0 radical (unpaired) electrons. The van der Waals surface area contributed by atoms with E-state index in [0.29, 0.717) is 0 Å². The molecule has 1 amide bonds. The molecule has 0 aromatic rings. The van der Waals surface area contributed by atoms with Gasteiger partial charge in [0.25, 0.3) is 0 Å². The van der Waals surface area contributed by atoms with Crippen LogP contribution < -0.4 is 5.73 Å². The Balaban J connectivity index is 2.24. The maximum Gasteiger partial charge on any atom is 0.246 e. The third-order valence-electron chi connectivity index (χ3n) is 3.09. The number of rotatable bonds is 8. The highest BCUT2D eigenvalue weighted by Gasteiger charge is 2.23. The van der Waals surface area contributed by atoms with Gasteiger partial charge < -0.3 is 15.2 Å². The summed E-state index contributed by atoms with van der Waals surface area (Å²) < 4.78 is 11.1. The molecular formula is C13H25NO3. The highest BCUT2D eigenvalue weighted by Crippen LogP contribution is 2.18. The molecule has 1 aliphatic rings. The summed E-state index contributed by atoms with van der Waals surface area (Å²) in [4.78, 5) is 11.3. The van der Waals surface area contributed by atoms with Crippen LogP contribution in [0.1, 0.15) is 58.3 Å². The summed E-state index contributed by atoms with van der Waals surface area (Å²) in [6, 6.07) is 0. The molecule has 0 aromatic carbocycles. The van der Waals surface area contributed by atoms with Crippen LogP contribution in [0.4, 0.5) is 0 Å². The standard InChI is InChI=1S/C13H25NO3/c1-2-3-4-5-8-11(13(14)15)17-12-9-6-7-10-16-12/h11-12H,2-10H2,1H3,(H2,14,15). The molecule has 1 aliphatic heterocycles. The van der Waals surface area contributed by atoms with Gasteiger partial charge in [-0.1, -0.05) is 32.6 Å². The Morgan fingerprint density at radius 1 is 1.41 bits per heavy atom. The summed E-state index contributed by atoms with van der Waals surface area (Å²) in [7, 11) is 0. The number of ether oxygens (including phenoxy) is 2. The molecule has 100 valence electrons. The van der Waals surface area contributed by atoms with Gasteiger partial charge in [-0.3, -0.25) is 4.79 Å². The minimum Gasteiger partial charge on any atom is -0.367 e. The first-order chi connectivity index (χ1) is 8.24. The van der Waals surface area contributed by atoms with Gasteiger partial charge in [0.05, 0.1) is 0 Å². The van der Waals surface area contributed by atoms with Crippen LogP contribution in [0.25, 0.3) is 0 Å². The van der Waals surface area contributed by atoms with Crippen LogP contribution in [-0.2, 0) is 14.3 Å². The maximum atomic E-state index is 11.3. The van der Waals surface area contributed by atoms with E-state index in [1.54, 1.807) is 0 Å². The van der Waals surface area contributed by atoms with Crippen molar-refractivity contribution >= 4 is 5.91 Å². The van der Waals surface area contributed by atoms with Crippen molar-refractivity contribution in [3.05, 3.63) is 0 Å². The molecule has 1 rings (SSSR count). The predicted octanol–water partition coefficient (Wildman–Crippen LogP) is 2.35. The molecule has 2 unspecified atom stereocenters. The molecule has 17 heavy (non-hydrogen) atoms. The zero-order chi connectivity index (χ0) is 12.5. The van der Waals surface area contributed by atoms with E-state index in [1.807, 2.05) is 0 Å². The zero-order valence-electron chi connectivity index (χ0n) is 10.8. The Labute approximate surface area is 104 Å². The number of amides is 1. The quantitative estimate of drug-likeness (QED) is 0.666. The number of unbranched alkanes of at least 4 members (excludes halogenated alkanes) is 3. The molecular weight excluding hydrogens is 218 g/mol. The topological polar surface area (TPSA) is 61.6 Å². The second kappa shape index (κ2) is 8.48. The zero-order valence-corrected chi connectivity index (χ0v) is 10.8. The number of primary amides is 1. The molecule has 0 aliphatic carbocycles. The molecule has 4 heteroatoms. The number of carbonyl (C=O) groups excluding carboxylic acids is 1. The van der Waals surface area contributed by atoms with E-state index in [-0.39, 0.29) is 12.2 Å². The first-order valence-electron chi connectivity index (χ1n) is 6.80. The molecule has 0 bridgehead atoms. The van der Waals surface area contributed by atoms with Crippen molar-refractivity contribution in [3.8, 4) is 0 Å². The maximum absolute atomic E-state index is 11.3. The predicted molar refractivity (Wildman–Crippen MR) is 66.4 cm³/mol. The highest BCUT2D eigenvalue weighted by atomic mass is 16.7. The van der Waals surface area contributed by atoms with Crippen LogP contribution in [0, 0.1) is 0 Å². The lowest BCUT2D eigenvalue weighted by Gasteiger charge is -2.26. The minimum atomic E-state index is -0.477. The van der Waals surface area contributed by atoms with Crippen LogP contribution in [0.3, 0.4) is 0 Å². The van der Waals surface area contributed by atoms with Crippen molar-refractivity contribution in [3.63, 3.8) is 0 Å². The molecule has 0 aromatic heterocycles. The summed E-state index contributed by atoms with van der Waals surface area (Å²) >= 11 is 0. The van der Waals surface area contributed by atoms with E-state index in [0.717, 1.165) is 45.1 Å². The first kappa shape index (κ1) is 14.5. The number of hydrogen-bond acceptors (Lipinski definition) is 3. The molecule has 1 heterocycles. The Kier molecular flexibility index (Phi) is 7.21. The van der Waals surface area contributed by atoms with Gasteiger partial charge in [0.2, 0.25) is 5.91 Å². The van der Waals surface area contributed by atoms with Crippen molar-refractivity contribution < 1.29 is 14.3 Å². The summed E-state index contributed by atoms with van der Waals surface area (Å²) in [6.07, 6.45) is 7.59. The van der Waals surface area contributed by atoms with Crippen molar-refractivity contribution in [2.75, 3.05) is 6.61 Å². The van der Waals surface area contributed by atoms with Crippen molar-refractivity contribution in [1.29, 1.82) is 0 Å². The minimum absolute atomic E-state index is 0.229. The highest BCUT2D eigenvalue weighted by molar-refractivity contribution is 5.78. The van der Waals surface area contributed by atoms with Gasteiger partial charge in [-0.05, 0) is 25.7 Å². The van der Waals surface area contributed by atoms with E-state index in [4.69, 9.17) is 15.2 Å². The number of nitrogens with two attached hydrogens (primary N) is 1. The normalized spacial score (nSPS) is 22.3. The first-order valence-corrected chi connectivity index (χ1v) is 6.80. The van der Waals surface area contributed by atoms with E-state index in [2.05, 4.69) is 6.92 Å². The van der Waals surface area contributed by atoms with Gasteiger partial charge in [0.1, 0.15) is 6.10 Å². The summed E-state index contributed by atoms with van der Waals surface area (Å²) in [6.45, 7) is 2.89. The Bertz CT molecular complexity index is 215. The fourth-order valence-corrected chi connectivity index (χ4v) is 2.04. The molecule has 4 nitrogen and oxygen atoms in total. The fraction of sp³-hybridized carbons (Fsp3) is 0.923. The van der Waals surface area contributed by atoms with E-state index >= 15 is 0 Å². The monoisotopic (exact) mass is 243 g/mol. The molecule has 0 spiro atoms. The summed E-state index contributed by atoms with van der Waals surface area (Å²) in [5.74, 6) is -0.365. The average molecular weight is 243 g/mol. The van der Waals surface area contributed by atoms with Crippen LogP contribution in [0.5, 0.6) is 0 Å². The van der Waals surface area contributed by atoms with E-state index in [1.165, 1.54) is 12.8 Å². The van der Waals surface area contributed by atoms with E-state index < -0.39 is 6.10 Å². The number of hydrogen-bond donors (Lipinski definition) is 1. The van der Waals surface area contributed by atoms with Crippen molar-refractivity contribution in [2.24, 2.45) is 5.73 Å². The molecule has 2 atom stereocenters. The van der Waals surface area contributed by atoms with Gasteiger partial charge in [-0.2, -0.15) is 0 Å². The molecule has 1 saturated heterocycles. The lowest BCUT2D eigenvalue weighted by Crippen LogP contribution is -2.36. The van der Waals surface area contributed by atoms with Gasteiger partial charge in [0.15, 0.2) is 6.29 Å². The average Bonchev–Trinajstić information content (AvgIpc) is 2.34. The SMILES string of the molecule is CCCCCCC(OC1CCCCO1)C(N)=O. The number of carbonyl (C=O) groups is 1. The van der Waals surface area contributed by atoms with Gasteiger partial charge >= 0.3 is 0 Å². The van der Waals surface area contributed by atoms with Gasteiger partial charge in [-0.25, -0.2) is 0 Å². The third kappa shape index (κ3) is 6.03.